The van der Waals surface area contributed by atoms with E-state index in [9.17, 15) is 4.79 Å². The lowest BCUT2D eigenvalue weighted by Gasteiger charge is -2.05. The minimum absolute atomic E-state index is 0.204. The van der Waals surface area contributed by atoms with Gasteiger partial charge in [-0.1, -0.05) is 21.1 Å². The molecule has 0 fully saturated rings. The molecule has 2 N–H and O–H groups in total. The number of carbonyl (C=O) groups is 1. The third kappa shape index (κ3) is 3.04. The number of benzene rings is 1. The maximum atomic E-state index is 10.8. The molecule has 0 amide bonds. The Balaban J connectivity index is 2.13. The number of carboxylic acids is 1. The van der Waals surface area contributed by atoms with Gasteiger partial charge in [0.1, 0.15) is 0 Å². The quantitative estimate of drug-likeness (QED) is 0.899. The maximum Gasteiger partial charge on any atom is 0.335 e. The fourth-order valence-electron chi connectivity index (χ4n) is 1.27. The first-order valence-electron chi connectivity index (χ1n) is 4.68. The summed E-state index contributed by atoms with van der Waals surface area (Å²) in [5, 5.41) is 15.5. The number of anilines is 1. The Labute approximate surface area is 105 Å². The van der Waals surface area contributed by atoms with Crippen LogP contribution in [-0.4, -0.2) is 21.2 Å². The number of rotatable bonds is 4. The monoisotopic (exact) mass is 297 g/mol. The SMILES string of the molecule is O=C(O)c1cc(Br)cc(NCc2ncon2)c1. The van der Waals surface area contributed by atoms with Crippen molar-refractivity contribution in [3.05, 3.63) is 40.5 Å². The Hall–Kier alpha value is -1.89. The summed E-state index contributed by atoms with van der Waals surface area (Å²) >= 11 is 3.25. The molecule has 0 atom stereocenters. The molecule has 1 aromatic carbocycles. The minimum Gasteiger partial charge on any atom is -0.478 e. The summed E-state index contributed by atoms with van der Waals surface area (Å²) in [5.41, 5.74) is 0.872. The van der Waals surface area contributed by atoms with Crippen LogP contribution in [0.25, 0.3) is 0 Å². The molecule has 1 heterocycles. The highest BCUT2D eigenvalue weighted by molar-refractivity contribution is 9.10. The average Bonchev–Trinajstić information content (AvgIpc) is 2.78. The van der Waals surface area contributed by atoms with E-state index in [1.165, 1.54) is 18.5 Å². The number of aromatic carboxylic acids is 1. The van der Waals surface area contributed by atoms with Gasteiger partial charge in [-0.2, -0.15) is 4.98 Å². The first kappa shape index (κ1) is 11.6. The molecular formula is C10H8BrN3O3. The Kier molecular flexibility index (Phi) is 3.38. The normalized spacial score (nSPS) is 10.2. The van der Waals surface area contributed by atoms with Crippen LogP contribution in [-0.2, 0) is 6.54 Å². The number of hydrogen-bond donors (Lipinski definition) is 2. The molecule has 0 radical (unpaired) electrons. The third-order valence-electron chi connectivity index (χ3n) is 2.00. The zero-order valence-corrected chi connectivity index (χ0v) is 10.1. The molecule has 0 aliphatic rings. The maximum absolute atomic E-state index is 10.8. The van der Waals surface area contributed by atoms with Crippen LogP contribution in [0.5, 0.6) is 0 Å². The standard InChI is InChI=1S/C10H8BrN3O3/c11-7-1-6(10(15)16)2-8(3-7)12-4-9-13-5-17-14-9/h1-3,5,12H,4H2,(H,15,16). The molecule has 0 unspecified atom stereocenters. The van der Waals surface area contributed by atoms with Crippen molar-refractivity contribution in [3.8, 4) is 0 Å². The summed E-state index contributed by atoms with van der Waals surface area (Å²) < 4.78 is 5.27. The number of nitrogens with one attached hydrogen (secondary N) is 1. The van der Waals surface area contributed by atoms with Gasteiger partial charge in [0.25, 0.3) is 0 Å². The summed E-state index contributed by atoms with van der Waals surface area (Å²) in [6, 6.07) is 4.83. The average molecular weight is 298 g/mol. The van der Waals surface area contributed by atoms with Gasteiger partial charge in [0.05, 0.1) is 12.1 Å². The van der Waals surface area contributed by atoms with Gasteiger partial charge in [0, 0.05) is 10.2 Å². The second-order valence-electron chi connectivity index (χ2n) is 3.23. The van der Waals surface area contributed by atoms with Crippen LogP contribution in [0.1, 0.15) is 16.2 Å². The summed E-state index contributed by atoms with van der Waals surface area (Å²) in [6.45, 7) is 0.367. The zero-order valence-electron chi connectivity index (χ0n) is 8.55. The Morgan fingerprint density at radius 2 is 2.29 bits per heavy atom. The van der Waals surface area contributed by atoms with Crippen molar-refractivity contribution in [1.82, 2.24) is 10.1 Å². The van der Waals surface area contributed by atoms with E-state index in [-0.39, 0.29) is 5.56 Å². The fourth-order valence-corrected chi connectivity index (χ4v) is 1.76. The van der Waals surface area contributed by atoms with E-state index in [0.29, 0.717) is 22.5 Å². The predicted molar refractivity (Wildman–Crippen MR) is 62.7 cm³/mol. The Morgan fingerprint density at radius 3 is 2.94 bits per heavy atom. The van der Waals surface area contributed by atoms with Crippen molar-refractivity contribution >= 4 is 27.6 Å². The summed E-state index contributed by atoms with van der Waals surface area (Å²) in [7, 11) is 0. The topological polar surface area (TPSA) is 88.2 Å². The van der Waals surface area contributed by atoms with Crippen molar-refractivity contribution in [1.29, 1.82) is 0 Å². The lowest BCUT2D eigenvalue weighted by molar-refractivity contribution is 0.0697. The van der Waals surface area contributed by atoms with Gasteiger partial charge in [0.15, 0.2) is 5.82 Å². The highest BCUT2D eigenvalue weighted by Crippen LogP contribution is 2.20. The van der Waals surface area contributed by atoms with E-state index in [1.807, 2.05) is 0 Å². The molecule has 2 aromatic rings. The zero-order chi connectivity index (χ0) is 12.3. The number of halogens is 1. The van der Waals surface area contributed by atoms with Crippen molar-refractivity contribution in [2.24, 2.45) is 0 Å². The van der Waals surface area contributed by atoms with Gasteiger partial charge in [-0.25, -0.2) is 4.79 Å². The molecule has 0 spiro atoms. The molecule has 7 heteroatoms. The molecule has 17 heavy (non-hydrogen) atoms. The lowest BCUT2D eigenvalue weighted by atomic mass is 10.2. The van der Waals surface area contributed by atoms with Crippen LogP contribution in [0.3, 0.4) is 0 Å². The van der Waals surface area contributed by atoms with E-state index >= 15 is 0 Å². The second kappa shape index (κ2) is 4.96. The summed E-state index contributed by atoms with van der Waals surface area (Å²) in [5.74, 6) is -0.476. The van der Waals surface area contributed by atoms with Crippen LogP contribution in [0.2, 0.25) is 0 Å². The number of carboxylic acid groups (broad SMARTS) is 1. The van der Waals surface area contributed by atoms with Crippen LogP contribution in [0.15, 0.2) is 33.6 Å². The van der Waals surface area contributed by atoms with Crippen molar-refractivity contribution in [3.63, 3.8) is 0 Å². The second-order valence-corrected chi connectivity index (χ2v) is 4.15. The van der Waals surface area contributed by atoms with E-state index in [2.05, 4.69) is 35.9 Å². The lowest BCUT2D eigenvalue weighted by Crippen LogP contribution is -2.03. The van der Waals surface area contributed by atoms with Crippen LogP contribution in [0.4, 0.5) is 5.69 Å². The third-order valence-corrected chi connectivity index (χ3v) is 2.46. The summed E-state index contributed by atoms with van der Waals surface area (Å²) in [4.78, 5) is 14.7. The van der Waals surface area contributed by atoms with E-state index in [1.54, 1.807) is 6.07 Å². The Morgan fingerprint density at radius 1 is 1.47 bits per heavy atom. The molecule has 6 nitrogen and oxygen atoms in total. The van der Waals surface area contributed by atoms with Crippen LogP contribution >= 0.6 is 15.9 Å². The Bertz CT molecular complexity index is 528. The van der Waals surface area contributed by atoms with Crippen LogP contribution in [0, 0.1) is 0 Å². The van der Waals surface area contributed by atoms with Gasteiger partial charge < -0.3 is 14.9 Å². The first-order valence-corrected chi connectivity index (χ1v) is 5.47. The molecule has 0 bridgehead atoms. The van der Waals surface area contributed by atoms with Gasteiger partial charge in [-0.3, -0.25) is 0 Å². The summed E-state index contributed by atoms with van der Waals surface area (Å²) in [6.07, 6.45) is 1.24. The fraction of sp³-hybridized carbons (Fsp3) is 0.100. The predicted octanol–water partition coefficient (Wildman–Crippen LogP) is 2.14. The first-order chi connectivity index (χ1) is 8.15. The molecule has 88 valence electrons. The van der Waals surface area contributed by atoms with E-state index in [0.717, 1.165) is 0 Å². The van der Waals surface area contributed by atoms with E-state index in [4.69, 9.17) is 5.11 Å². The van der Waals surface area contributed by atoms with Gasteiger partial charge in [-0.15, -0.1) is 0 Å². The van der Waals surface area contributed by atoms with Crippen molar-refractivity contribution in [2.75, 3.05) is 5.32 Å². The highest BCUT2D eigenvalue weighted by atomic mass is 79.9. The van der Waals surface area contributed by atoms with E-state index < -0.39 is 5.97 Å². The number of aromatic nitrogens is 2. The van der Waals surface area contributed by atoms with Crippen LogP contribution < -0.4 is 5.32 Å². The molecule has 0 aliphatic heterocycles. The molecule has 0 aliphatic carbocycles. The largest absolute Gasteiger partial charge is 0.478 e. The number of nitrogens with zero attached hydrogens (tertiary/aromatic N) is 2. The minimum atomic E-state index is -0.978. The molecule has 1 aromatic heterocycles. The van der Waals surface area contributed by atoms with Crippen molar-refractivity contribution < 1.29 is 14.4 Å². The highest BCUT2D eigenvalue weighted by Gasteiger charge is 2.06. The molecule has 0 saturated heterocycles. The smallest absolute Gasteiger partial charge is 0.335 e. The molecule has 2 rings (SSSR count). The molecule has 0 saturated carbocycles. The number of hydrogen-bond acceptors (Lipinski definition) is 5. The van der Waals surface area contributed by atoms with Crippen molar-refractivity contribution in [2.45, 2.75) is 6.54 Å². The van der Waals surface area contributed by atoms with Gasteiger partial charge >= 0.3 is 5.97 Å². The van der Waals surface area contributed by atoms with Gasteiger partial charge in [-0.05, 0) is 18.2 Å². The molecular weight excluding hydrogens is 290 g/mol. The van der Waals surface area contributed by atoms with Gasteiger partial charge in [0.2, 0.25) is 6.39 Å².